The van der Waals surface area contributed by atoms with Gasteiger partial charge in [0.1, 0.15) is 0 Å². The molecular weight excluding hydrogens is 390 g/mol. The summed E-state index contributed by atoms with van der Waals surface area (Å²) >= 11 is 0. The Bertz CT molecular complexity index is 902. The summed E-state index contributed by atoms with van der Waals surface area (Å²) < 4.78 is 0. The van der Waals surface area contributed by atoms with E-state index in [1.165, 1.54) is 11.1 Å². The molecule has 4 N–H and O–H groups in total. The lowest BCUT2D eigenvalue weighted by Crippen LogP contribution is -2.42. The third-order valence-electron chi connectivity index (χ3n) is 4.55. The van der Waals surface area contributed by atoms with Gasteiger partial charge in [-0.05, 0) is 31.9 Å². The summed E-state index contributed by atoms with van der Waals surface area (Å²) in [6.07, 6.45) is 5.85. The zero-order valence-electron chi connectivity index (χ0n) is 16.9. The minimum absolute atomic E-state index is 0.145. The fourth-order valence-electron chi connectivity index (χ4n) is 3.07. The standard InChI is InChI=1S/C18H21N5O3.C2H4O2/c1-11-15(8-21-16(22-11)12-3-2-6-20-7-12)17(24)23-9-13(18(25)26)4-5-14(19)10-23;1-2(3)4/h2-3,6-8,13-14H,4-5,9-10,19H2,1H3,(H,25,26);1H3,(H,3,4)/t13-,14+;/m0./s1. The molecule has 10 nitrogen and oxygen atoms in total. The number of likely N-dealkylation sites (tertiary alicyclic amines) is 1. The molecule has 0 unspecified atom stereocenters. The number of carboxylic acid groups (broad SMARTS) is 2. The summed E-state index contributed by atoms with van der Waals surface area (Å²) in [6.45, 7) is 3.29. The van der Waals surface area contributed by atoms with Crippen LogP contribution < -0.4 is 5.73 Å². The fourth-order valence-corrected chi connectivity index (χ4v) is 3.07. The molecule has 2 aromatic rings. The molecule has 1 amide bonds. The molecule has 3 rings (SSSR count). The van der Waals surface area contributed by atoms with E-state index in [-0.39, 0.29) is 18.5 Å². The third kappa shape index (κ3) is 6.31. The first-order chi connectivity index (χ1) is 14.2. The van der Waals surface area contributed by atoms with Gasteiger partial charge in [-0.25, -0.2) is 9.97 Å². The van der Waals surface area contributed by atoms with Crippen molar-refractivity contribution in [1.29, 1.82) is 0 Å². The van der Waals surface area contributed by atoms with E-state index in [1.54, 1.807) is 25.4 Å². The van der Waals surface area contributed by atoms with E-state index in [2.05, 4.69) is 15.0 Å². The first kappa shape index (κ1) is 22.9. The van der Waals surface area contributed by atoms with Crippen LogP contribution in [0.15, 0.2) is 30.7 Å². The van der Waals surface area contributed by atoms with Crippen LogP contribution in [0.5, 0.6) is 0 Å². The maximum absolute atomic E-state index is 12.9. The molecule has 2 aromatic heterocycles. The Hall–Kier alpha value is -3.40. The van der Waals surface area contributed by atoms with E-state index < -0.39 is 17.9 Å². The minimum atomic E-state index is -0.906. The summed E-state index contributed by atoms with van der Waals surface area (Å²) in [6, 6.07) is 3.39. The lowest BCUT2D eigenvalue weighted by atomic mass is 10.0. The summed E-state index contributed by atoms with van der Waals surface area (Å²) in [5, 5.41) is 16.7. The first-order valence-corrected chi connectivity index (χ1v) is 9.40. The first-order valence-electron chi connectivity index (χ1n) is 9.40. The Balaban J connectivity index is 0.000000735. The minimum Gasteiger partial charge on any atom is -0.481 e. The average Bonchev–Trinajstić information content (AvgIpc) is 2.89. The number of nitrogens with two attached hydrogens (primary N) is 1. The van der Waals surface area contributed by atoms with E-state index in [9.17, 15) is 14.7 Å². The highest BCUT2D eigenvalue weighted by Gasteiger charge is 2.30. The Morgan fingerprint density at radius 2 is 1.87 bits per heavy atom. The molecule has 0 spiro atoms. The number of aromatic nitrogens is 3. The number of carbonyl (C=O) groups excluding carboxylic acids is 1. The van der Waals surface area contributed by atoms with Crippen LogP contribution in [0.3, 0.4) is 0 Å². The number of amides is 1. The van der Waals surface area contributed by atoms with Gasteiger partial charge in [0.2, 0.25) is 0 Å². The monoisotopic (exact) mass is 415 g/mol. The van der Waals surface area contributed by atoms with Crippen molar-refractivity contribution in [1.82, 2.24) is 19.9 Å². The average molecular weight is 415 g/mol. The van der Waals surface area contributed by atoms with E-state index in [0.717, 1.165) is 12.5 Å². The van der Waals surface area contributed by atoms with E-state index >= 15 is 0 Å². The van der Waals surface area contributed by atoms with Gasteiger partial charge in [0.15, 0.2) is 5.82 Å². The molecule has 1 aliphatic rings. The zero-order chi connectivity index (χ0) is 22.3. The van der Waals surface area contributed by atoms with Crippen molar-refractivity contribution in [3.05, 3.63) is 42.0 Å². The van der Waals surface area contributed by atoms with Gasteiger partial charge in [-0.2, -0.15) is 0 Å². The van der Waals surface area contributed by atoms with Crippen LogP contribution in [-0.4, -0.2) is 67.0 Å². The van der Waals surface area contributed by atoms with Crippen LogP contribution in [-0.2, 0) is 9.59 Å². The summed E-state index contributed by atoms with van der Waals surface area (Å²) in [5.74, 6) is -2.15. The van der Waals surface area contributed by atoms with Crippen LogP contribution in [0.1, 0.15) is 35.8 Å². The van der Waals surface area contributed by atoms with Gasteiger partial charge >= 0.3 is 5.97 Å². The molecule has 2 atom stereocenters. The van der Waals surface area contributed by atoms with Crippen LogP contribution in [0, 0.1) is 12.8 Å². The number of pyridine rings is 1. The van der Waals surface area contributed by atoms with Crippen molar-refractivity contribution in [2.24, 2.45) is 11.7 Å². The lowest BCUT2D eigenvalue weighted by Gasteiger charge is -2.24. The summed E-state index contributed by atoms with van der Waals surface area (Å²) in [7, 11) is 0. The highest BCUT2D eigenvalue weighted by atomic mass is 16.4. The molecule has 1 saturated heterocycles. The number of hydrogen-bond acceptors (Lipinski definition) is 7. The number of aryl methyl sites for hydroxylation is 1. The third-order valence-corrected chi connectivity index (χ3v) is 4.55. The van der Waals surface area contributed by atoms with E-state index in [1.807, 2.05) is 6.07 Å². The van der Waals surface area contributed by atoms with Gasteiger partial charge in [-0.3, -0.25) is 19.4 Å². The predicted molar refractivity (Wildman–Crippen MR) is 108 cm³/mol. The second-order valence-corrected chi connectivity index (χ2v) is 7.04. The van der Waals surface area contributed by atoms with Gasteiger partial charge < -0.3 is 20.8 Å². The van der Waals surface area contributed by atoms with Gasteiger partial charge in [0.05, 0.1) is 17.2 Å². The quantitative estimate of drug-likeness (QED) is 0.669. The highest BCUT2D eigenvalue weighted by molar-refractivity contribution is 5.95. The molecule has 0 radical (unpaired) electrons. The van der Waals surface area contributed by atoms with E-state index in [4.69, 9.17) is 15.6 Å². The molecule has 10 heteroatoms. The van der Waals surface area contributed by atoms with E-state index in [0.29, 0.717) is 36.5 Å². The largest absolute Gasteiger partial charge is 0.481 e. The summed E-state index contributed by atoms with van der Waals surface area (Å²) in [4.78, 5) is 47.5. The molecule has 0 aliphatic carbocycles. The van der Waals surface area contributed by atoms with Crippen molar-refractivity contribution in [3.63, 3.8) is 0 Å². The summed E-state index contributed by atoms with van der Waals surface area (Å²) in [5.41, 5.74) is 7.67. The van der Waals surface area contributed by atoms with Crippen LogP contribution in [0.4, 0.5) is 0 Å². The number of carbonyl (C=O) groups is 3. The second kappa shape index (κ2) is 10.4. The van der Waals surface area contributed by atoms with Crippen molar-refractivity contribution in [3.8, 4) is 11.4 Å². The molecule has 0 saturated carbocycles. The maximum Gasteiger partial charge on any atom is 0.308 e. The SMILES string of the molecule is CC(=O)O.Cc1nc(-c2cccnc2)ncc1C(=O)N1C[C@H](N)CC[C@H](C(=O)O)C1. The topological polar surface area (TPSA) is 160 Å². The molecule has 1 fully saturated rings. The van der Waals surface area contributed by atoms with Crippen molar-refractivity contribution in [2.45, 2.75) is 32.7 Å². The molecule has 0 aromatic carbocycles. The number of hydrogen-bond donors (Lipinski definition) is 3. The molecule has 0 bridgehead atoms. The Kier molecular flexibility index (Phi) is 7.93. The molecule has 3 heterocycles. The van der Waals surface area contributed by atoms with Gasteiger partial charge in [-0.1, -0.05) is 0 Å². The maximum atomic E-state index is 12.9. The highest BCUT2D eigenvalue weighted by Crippen LogP contribution is 2.20. The van der Waals surface area contributed by atoms with Crippen molar-refractivity contribution < 1.29 is 24.6 Å². The number of nitrogens with zero attached hydrogens (tertiary/aromatic N) is 4. The molecule has 30 heavy (non-hydrogen) atoms. The Morgan fingerprint density at radius 3 is 2.43 bits per heavy atom. The smallest absolute Gasteiger partial charge is 0.308 e. The van der Waals surface area contributed by atoms with Crippen LogP contribution in [0.25, 0.3) is 11.4 Å². The van der Waals surface area contributed by atoms with Crippen molar-refractivity contribution >= 4 is 17.8 Å². The second-order valence-electron chi connectivity index (χ2n) is 7.04. The van der Waals surface area contributed by atoms with Crippen LogP contribution in [0.2, 0.25) is 0 Å². The zero-order valence-corrected chi connectivity index (χ0v) is 16.9. The van der Waals surface area contributed by atoms with Gasteiger partial charge in [0, 0.05) is 50.2 Å². The molecular formula is C20H25N5O5. The Morgan fingerprint density at radius 1 is 1.17 bits per heavy atom. The van der Waals surface area contributed by atoms with Crippen LogP contribution >= 0.6 is 0 Å². The van der Waals surface area contributed by atoms with Crippen molar-refractivity contribution in [2.75, 3.05) is 13.1 Å². The predicted octanol–water partition coefficient (Wildman–Crippen LogP) is 1.20. The molecule has 160 valence electrons. The normalized spacial score (nSPS) is 18.6. The Labute approximate surface area is 173 Å². The molecule has 1 aliphatic heterocycles. The number of carboxylic acids is 2. The number of rotatable bonds is 3. The lowest BCUT2D eigenvalue weighted by molar-refractivity contribution is -0.142. The number of aliphatic carboxylic acids is 2. The van der Waals surface area contributed by atoms with Gasteiger partial charge in [0.25, 0.3) is 11.9 Å². The fraction of sp³-hybridized carbons (Fsp3) is 0.400. The van der Waals surface area contributed by atoms with Gasteiger partial charge in [-0.15, -0.1) is 0 Å².